The van der Waals surface area contributed by atoms with E-state index in [-0.39, 0.29) is 5.91 Å². The Kier molecular flexibility index (Phi) is 6.87. The van der Waals surface area contributed by atoms with Gasteiger partial charge in [-0.2, -0.15) is 0 Å². The van der Waals surface area contributed by atoms with Crippen molar-refractivity contribution in [2.75, 3.05) is 27.7 Å². The molecule has 0 radical (unpaired) electrons. The van der Waals surface area contributed by atoms with Crippen LogP contribution >= 0.6 is 15.9 Å². The van der Waals surface area contributed by atoms with Crippen LogP contribution in [0.5, 0.6) is 0 Å². The molecule has 5 nitrogen and oxygen atoms in total. The highest BCUT2D eigenvalue weighted by Crippen LogP contribution is 2.17. The Labute approximate surface area is 141 Å². The lowest BCUT2D eigenvalue weighted by Crippen LogP contribution is -2.47. The zero-order chi connectivity index (χ0) is 16.8. The van der Waals surface area contributed by atoms with Crippen molar-refractivity contribution < 1.29 is 4.79 Å². The van der Waals surface area contributed by atoms with E-state index >= 15 is 0 Å². The van der Waals surface area contributed by atoms with Gasteiger partial charge < -0.3 is 15.5 Å². The summed E-state index contributed by atoms with van der Waals surface area (Å²) in [5.41, 5.74) is 0.678. The first-order chi connectivity index (χ1) is 10.3. The molecule has 0 aliphatic heterocycles. The molecule has 0 heterocycles. The van der Waals surface area contributed by atoms with Crippen molar-refractivity contribution >= 4 is 27.8 Å². The van der Waals surface area contributed by atoms with Gasteiger partial charge in [0, 0.05) is 38.7 Å². The number of hydrogen-bond acceptors (Lipinski definition) is 2. The van der Waals surface area contributed by atoms with Crippen LogP contribution in [0.2, 0.25) is 0 Å². The van der Waals surface area contributed by atoms with Crippen LogP contribution in [0.1, 0.15) is 19.4 Å². The molecule has 0 aliphatic rings. The SMILES string of the molecule is CN=C(NCC(C)(C)C(=O)NC)N(C)Cc1ccccc1Br. The molecule has 0 aliphatic carbocycles. The molecular weight excluding hydrogens is 344 g/mol. The molecular formula is C16H25BrN4O. The van der Waals surface area contributed by atoms with Gasteiger partial charge in [-0.1, -0.05) is 34.1 Å². The number of hydrogen-bond donors (Lipinski definition) is 2. The van der Waals surface area contributed by atoms with Gasteiger partial charge in [0.1, 0.15) is 0 Å². The molecule has 0 saturated heterocycles. The summed E-state index contributed by atoms with van der Waals surface area (Å²) in [6.45, 7) is 5.04. The third-order valence-corrected chi connectivity index (χ3v) is 4.24. The summed E-state index contributed by atoms with van der Waals surface area (Å²) in [6.07, 6.45) is 0. The summed E-state index contributed by atoms with van der Waals surface area (Å²) in [7, 11) is 5.37. The number of rotatable bonds is 5. The van der Waals surface area contributed by atoms with Crippen LogP contribution < -0.4 is 10.6 Å². The minimum absolute atomic E-state index is 0.00362. The molecule has 2 N–H and O–H groups in total. The van der Waals surface area contributed by atoms with E-state index in [9.17, 15) is 4.79 Å². The maximum Gasteiger partial charge on any atom is 0.227 e. The topological polar surface area (TPSA) is 56.7 Å². The average molecular weight is 369 g/mol. The van der Waals surface area contributed by atoms with Gasteiger partial charge in [0.15, 0.2) is 5.96 Å². The lowest BCUT2D eigenvalue weighted by atomic mass is 9.92. The molecule has 1 amide bonds. The second-order valence-electron chi connectivity index (χ2n) is 5.81. The van der Waals surface area contributed by atoms with Crippen molar-refractivity contribution in [2.45, 2.75) is 20.4 Å². The maximum atomic E-state index is 11.8. The minimum Gasteiger partial charge on any atom is -0.359 e. The first-order valence-corrected chi connectivity index (χ1v) is 7.98. The second kappa shape index (κ2) is 8.17. The molecule has 1 aromatic rings. The van der Waals surface area contributed by atoms with Crippen LogP contribution in [-0.4, -0.2) is 44.5 Å². The highest BCUT2D eigenvalue weighted by molar-refractivity contribution is 9.10. The fourth-order valence-corrected chi connectivity index (χ4v) is 2.47. The van der Waals surface area contributed by atoms with E-state index in [1.807, 2.05) is 44.0 Å². The van der Waals surface area contributed by atoms with E-state index in [0.717, 1.165) is 17.0 Å². The third-order valence-electron chi connectivity index (χ3n) is 3.47. The number of nitrogens with one attached hydrogen (secondary N) is 2. The predicted octanol–water partition coefficient (Wildman–Crippen LogP) is 2.23. The number of halogens is 1. The Balaban J connectivity index is 2.69. The van der Waals surface area contributed by atoms with E-state index in [1.165, 1.54) is 5.56 Å². The van der Waals surface area contributed by atoms with E-state index in [0.29, 0.717) is 6.54 Å². The van der Waals surface area contributed by atoms with Crippen molar-refractivity contribution in [3.8, 4) is 0 Å². The summed E-state index contributed by atoms with van der Waals surface area (Å²) in [5, 5.41) is 5.95. The van der Waals surface area contributed by atoms with E-state index < -0.39 is 5.41 Å². The molecule has 122 valence electrons. The quantitative estimate of drug-likeness (QED) is 0.618. The molecule has 6 heteroatoms. The van der Waals surface area contributed by atoms with Crippen LogP contribution in [0.4, 0.5) is 0 Å². The Morgan fingerprint density at radius 1 is 1.36 bits per heavy atom. The van der Waals surface area contributed by atoms with Crippen molar-refractivity contribution in [2.24, 2.45) is 10.4 Å². The summed E-state index contributed by atoms with van der Waals surface area (Å²) in [6, 6.07) is 8.10. The fraction of sp³-hybridized carbons (Fsp3) is 0.500. The van der Waals surface area contributed by atoms with Gasteiger partial charge in [0.25, 0.3) is 0 Å². The van der Waals surface area contributed by atoms with Crippen LogP contribution in [0.15, 0.2) is 33.7 Å². The Bertz CT molecular complexity index is 543. The molecule has 1 aromatic carbocycles. The maximum absolute atomic E-state index is 11.8. The molecule has 0 spiro atoms. The van der Waals surface area contributed by atoms with Crippen LogP contribution in [0.3, 0.4) is 0 Å². The third kappa shape index (κ3) is 5.02. The average Bonchev–Trinajstić information content (AvgIpc) is 2.49. The Hall–Kier alpha value is -1.56. The minimum atomic E-state index is -0.501. The normalized spacial score (nSPS) is 12.0. The highest BCUT2D eigenvalue weighted by atomic mass is 79.9. The summed E-state index contributed by atoms with van der Waals surface area (Å²) >= 11 is 3.56. The Morgan fingerprint density at radius 3 is 2.55 bits per heavy atom. The van der Waals surface area contributed by atoms with Crippen molar-refractivity contribution in [3.05, 3.63) is 34.3 Å². The molecule has 0 fully saturated rings. The lowest BCUT2D eigenvalue weighted by Gasteiger charge is -2.27. The zero-order valence-electron chi connectivity index (χ0n) is 13.9. The predicted molar refractivity (Wildman–Crippen MR) is 94.8 cm³/mol. The summed E-state index contributed by atoms with van der Waals surface area (Å²) < 4.78 is 1.07. The van der Waals surface area contributed by atoms with E-state index in [4.69, 9.17) is 0 Å². The molecule has 0 unspecified atom stereocenters. The number of guanidine groups is 1. The standard InChI is InChI=1S/C16H25BrN4O/c1-16(2,14(22)18-3)11-20-15(19-4)21(5)10-12-8-6-7-9-13(12)17/h6-9H,10-11H2,1-5H3,(H,18,22)(H,19,20). The molecule has 0 bridgehead atoms. The number of aliphatic imine (C=N–C) groups is 1. The van der Waals surface area contributed by atoms with Gasteiger partial charge in [-0.15, -0.1) is 0 Å². The van der Waals surface area contributed by atoms with Gasteiger partial charge in [0.2, 0.25) is 5.91 Å². The number of benzene rings is 1. The second-order valence-corrected chi connectivity index (χ2v) is 6.67. The van der Waals surface area contributed by atoms with E-state index in [2.05, 4.69) is 37.6 Å². The van der Waals surface area contributed by atoms with Crippen molar-refractivity contribution in [3.63, 3.8) is 0 Å². The molecule has 22 heavy (non-hydrogen) atoms. The number of amides is 1. The monoisotopic (exact) mass is 368 g/mol. The van der Waals surface area contributed by atoms with Gasteiger partial charge >= 0.3 is 0 Å². The Morgan fingerprint density at radius 2 is 2.00 bits per heavy atom. The van der Waals surface area contributed by atoms with Crippen LogP contribution in [0, 0.1) is 5.41 Å². The van der Waals surface area contributed by atoms with Crippen molar-refractivity contribution in [1.82, 2.24) is 15.5 Å². The van der Waals surface area contributed by atoms with Gasteiger partial charge in [-0.05, 0) is 25.5 Å². The molecule has 0 aromatic heterocycles. The largest absolute Gasteiger partial charge is 0.359 e. The zero-order valence-corrected chi connectivity index (χ0v) is 15.5. The van der Waals surface area contributed by atoms with Gasteiger partial charge in [-0.3, -0.25) is 9.79 Å². The van der Waals surface area contributed by atoms with Crippen LogP contribution in [0.25, 0.3) is 0 Å². The number of nitrogens with zero attached hydrogens (tertiary/aromatic N) is 2. The smallest absolute Gasteiger partial charge is 0.227 e. The first-order valence-electron chi connectivity index (χ1n) is 7.19. The van der Waals surface area contributed by atoms with Gasteiger partial charge in [0.05, 0.1) is 5.41 Å². The highest BCUT2D eigenvalue weighted by Gasteiger charge is 2.27. The van der Waals surface area contributed by atoms with E-state index in [1.54, 1.807) is 14.1 Å². The summed E-state index contributed by atoms with van der Waals surface area (Å²) in [5.74, 6) is 0.761. The summed E-state index contributed by atoms with van der Waals surface area (Å²) in [4.78, 5) is 18.1. The molecule has 1 rings (SSSR count). The fourth-order valence-electron chi connectivity index (χ4n) is 2.06. The number of carbonyl (C=O) groups excluding carboxylic acids is 1. The van der Waals surface area contributed by atoms with Crippen LogP contribution in [-0.2, 0) is 11.3 Å². The molecule has 0 saturated carbocycles. The van der Waals surface area contributed by atoms with Crippen molar-refractivity contribution in [1.29, 1.82) is 0 Å². The lowest BCUT2D eigenvalue weighted by molar-refractivity contribution is -0.128. The molecule has 0 atom stereocenters. The first kappa shape index (κ1) is 18.5. The number of carbonyl (C=O) groups is 1. The van der Waals surface area contributed by atoms with Gasteiger partial charge in [-0.25, -0.2) is 0 Å².